The maximum atomic E-state index is 8.99. The van der Waals surface area contributed by atoms with Crippen molar-refractivity contribution in [3.05, 3.63) is 0 Å². The minimum absolute atomic E-state index is 0.861. The zero-order valence-electron chi connectivity index (χ0n) is 5.69. The van der Waals surface area contributed by atoms with Crippen LogP contribution >= 0.6 is 11.6 Å². The van der Waals surface area contributed by atoms with Gasteiger partial charge in [-0.2, -0.15) is 0 Å². The summed E-state index contributed by atoms with van der Waals surface area (Å²) in [6.07, 6.45) is 0. The monoisotopic (exact) mass is 165 g/mol. The van der Waals surface area contributed by atoms with Gasteiger partial charge in [0.2, 0.25) is 0 Å². The van der Waals surface area contributed by atoms with Gasteiger partial charge in [0.15, 0.2) is 0 Å². The number of hydrogen-bond acceptors (Lipinski definition) is 3. The maximum absolute atomic E-state index is 8.99. The summed E-state index contributed by atoms with van der Waals surface area (Å²) >= 11 is 4.41. The molecule has 1 heterocycles. The van der Waals surface area contributed by atoms with E-state index in [0.717, 1.165) is 26.2 Å². The van der Waals surface area contributed by atoms with Gasteiger partial charge in [-0.1, -0.05) is 0 Å². The highest BCUT2D eigenvalue weighted by molar-refractivity contribution is 6.62. The number of hydrogen-bond donors (Lipinski definition) is 3. The SMILES string of the molecule is C1CNCCN1.NC(=O)Cl. The molecule has 1 amide bonds. The Labute approximate surface area is 65.1 Å². The first-order valence-electron chi connectivity index (χ1n) is 3.10. The van der Waals surface area contributed by atoms with E-state index in [1.807, 2.05) is 0 Å². The fourth-order valence-corrected chi connectivity index (χ4v) is 0.604. The molecule has 4 nitrogen and oxygen atoms in total. The first-order valence-corrected chi connectivity index (χ1v) is 3.47. The fraction of sp³-hybridized carbons (Fsp3) is 0.800. The van der Waals surface area contributed by atoms with Crippen molar-refractivity contribution < 1.29 is 4.79 Å². The summed E-state index contributed by atoms with van der Waals surface area (Å²) in [6, 6.07) is 0. The highest BCUT2D eigenvalue weighted by Crippen LogP contribution is 1.65. The second kappa shape index (κ2) is 6.80. The third kappa shape index (κ3) is 10.6. The van der Waals surface area contributed by atoms with Gasteiger partial charge in [0, 0.05) is 26.2 Å². The molecular weight excluding hydrogens is 154 g/mol. The van der Waals surface area contributed by atoms with Crippen LogP contribution in [0.4, 0.5) is 4.79 Å². The van der Waals surface area contributed by atoms with E-state index in [4.69, 9.17) is 4.79 Å². The van der Waals surface area contributed by atoms with Gasteiger partial charge in [0.25, 0.3) is 0 Å². The minimum atomic E-state index is -0.861. The van der Waals surface area contributed by atoms with Crippen LogP contribution in [-0.4, -0.2) is 31.5 Å². The molecule has 0 aromatic carbocycles. The van der Waals surface area contributed by atoms with Gasteiger partial charge in [-0.25, -0.2) is 0 Å². The van der Waals surface area contributed by atoms with Crippen molar-refractivity contribution in [2.75, 3.05) is 26.2 Å². The summed E-state index contributed by atoms with van der Waals surface area (Å²) in [5.74, 6) is 0. The normalized spacial score (nSPS) is 16.9. The van der Waals surface area contributed by atoms with E-state index < -0.39 is 5.37 Å². The summed E-state index contributed by atoms with van der Waals surface area (Å²) in [4.78, 5) is 8.99. The lowest BCUT2D eigenvalue weighted by atomic mass is 10.4. The van der Waals surface area contributed by atoms with Crippen molar-refractivity contribution in [1.82, 2.24) is 10.6 Å². The Morgan fingerprint density at radius 2 is 1.40 bits per heavy atom. The van der Waals surface area contributed by atoms with Gasteiger partial charge in [-0.3, -0.25) is 4.79 Å². The third-order valence-corrected chi connectivity index (χ3v) is 0.957. The van der Waals surface area contributed by atoms with Gasteiger partial charge < -0.3 is 16.4 Å². The third-order valence-electron chi connectivity index (χ3n) is 0.957. The molecule has 1 saturated heterocycles. The van der Waals surface area contributed by atoms with Crippen LogP contribution in [-0.2, 0) is 0 Å². The molecule has 1 aliphatic heterocycles. The smallest absolute Gasteiger partial charge is 0.311 e. The van der Waals surface area contributed by atoms with Gasteiger partial charge in [0.05, 0.1) is 0 Å². The summed E-state index contributed by atoms with van der Waals surface area (Å²) in [6.45, 7) is 4.56. The van der Waals surface area contributed by atoms with E-state index >= 15 is 0 Å². The quantitative estimate of drug-likeness (QED) is 0.334. The second-order valence-electron chi connectivity index (χ2n) is 1.80. The van der Waals surface area contributed by atoms with E-state index in [-0.39, 0.29) is 0 Å². The zero-order chi connectivity index (χ0) is 7.82. The number of rotatable bonds is 0. The Balaban J connectivity index is 0.000000180. The zero-order valence-corrected chi connectivity index (χ0v) is 6.45. The van der Waals surface area contributed by atoms with Crippen LogP contribution in [0.2, 0.25) is 0 Å². The predicted octanol–water partition coefficient (Wildman–Crippen LogP) is -0.517. The van der Waals surface area contributed by atoms with Gasteiger partial charge in [-0.05, 0) is 11.6 Å². The molecule has 0 bridgehead atoms. The van der Waals surface area contributed by atoms with Crippen molar-refractivity contribution in [1.29, 1.82) is 0 Å². The number of nitrogens with two attached hydrogens (primary N) is 1. The number of amides is 1. The number of nitrogens with one attached hydrogen (secondary N) is 2. The molecule has 0 aromatic heterocycles. The molecule has 0 aromatic rings. The van der Waals surface area contributed by atoms with E-state index in [0.29, 0.717) is 0 Å². The number of piperazine rings is 1. The summed E-state index contributed by atoms with van der Waals surface area (Å²) in [5.41, 5.74) is 4.24. The maximum Gasteiger partial charge on any atom is 0.311 e. The molecule has 5 heteroatoms. The summed E-state index contributed by atoms with van der Waals surface area (Å²) < 4.78 is 0. The van der Waals surface area contributed by atoms with Crippen LogP contribution in [0.3, 0.4) is 0 Å². The van der Waals surface area contributed by atoms with E-state index in [2.05, 4.69) is 28.0 Å². The first kappa shape index (κ1) is 9.68. The second-order valence-corrected chi connectivity index (χ2v) is 2.18. The molecule has 1 fully saturated rings. The lowest BCUT2D eigenvalue weighted by Crippen LogP contribution is -2.39. The minimum Gasteiger partial charge on any atom is -0.356 e. The predicted molar refractivity (Wildman–Crippen MR) is 41.2 cm³/mol. The number of primary amides is 1. The molecule has 60 valence electrons. The lowest BCUT2D eigenvalue weighted by Gasteiger charge is -2.11. The highest BCUT2D eigenvalue weighted by Gasteiger charge is 1.91. The van der Waals surface area contributed by atoms with Gasteiger partial charge in [-0.15, -0.1) is 0 Å². The Kier molecular flexibility index (Phi) is 6.58. The number of carbonyl (C=O) groups excluding carboxylic acids is 1. The van der Waals surface area contributed by atoms with Crippen LogP contribution in [0, 0.1) is 0 Å². The van der Waals surface area contributed by atoms with Gasteiger partial charge in [0.1, 0.15) is 0 Å². The summed E-state index contributed by atoms with van der Waals surface area (Å²) in [5, 5.41) is 5.58. The molecule has 0 unspecified atom stereocenters. The molecule has 10 heavy (non-hydrogen) atoms. The largest absolute Gasteiger partial charge is 0.356 e. The molecule has 0 saturated carbocycles. The fourth-order valence-electron chi connectivity index (χ4n) is 0.604. The van der Waals surface area contributed by atoms with Crippen LogP contribution in [0.15, 0.2) is 0 Å². The molecule has 0 atom stereocenters. The molecule has 1 rings (SSSR count). The molecule has 0 radical (unpaired) electrons. The Morgan fingerprint density at radius 1 is 1.20 bits per heavy atom. The van der Waals surface area contributed by atoms with Crippen molar-refractivity contribution in [3.8, 4) is 0 Å². The molecule has 0 spiro atoms. The average molecular weight is 166 g/mol. The van der Waals surface area contributed by atoms with Crippen molar-refractivity contribution in [3.63, 3.8) is 0 Å². The van der Waals surface area contributed by atoms with Crippen LogP contribution in [0.25, 0.3) is 0 Å². The lowest BCUT2D eigenvalue weighted by molar-refractivity contribution is 0.266. The summed E-state index contributed by atoms with van der Waals surface area (Å²) in [7, 11) is 0. The van der Waals surface area contributed by atoms with Gasteiger partial charge >= 0.3 is 5.37 Å². The average Bonchev–Trinajstić information content (AvgIpc) is 1.90. The highest BCUT2D eigenvalue weighted by atomic mass is 35.5. The van der Waals surface area contributed by atoms with E-state index in [1.54, 1.807) is 0 Å². The molecule has 4 N–H and O–H groups in total. The van der Waals surface area contributed by atoms with Crippen molar-refractivity contribution in [2.24, 2.45) is 5.73 Å². The Morgan fingerprint density at radius 3 is 1.50 bits per heavy atom. The standard InChI is InChI=1S/C4H10N2.CH2ClNO/c1-2-6-4-3-5-1;2-1(3)4/h5-6H,1-4H2;(H2,3,4). The van der Waals surface area contributed by atoms with Crippen LogP contribution in [0.1, 0.15) is 0 Å². The van der Waals surface area contributed by atoms with Crippen LogP contribution in [0.5, 0.6) is 0 Å². The van der Waals surface area contributed by atoms with Crippen molar-refractivity contribution >= 4 is 17.0 Å². The van der Waals surface area contributed by atoms with E-state index in [9.17, 15) is 0 Å². The Hall–Kier alpha value is -0.320. The topological polar surface area (TPSA) is 67.2 Å². The van der Waals surface area contributed by atoms with E-state index in [1.165, 1.54) is 0 Å². The van der Waals surface area contributed by atoms with Crippen LogP contribution < -0.4 is 16.4 Å². The molecular formula is C5H12ClN3O. The molecule has 1 aliphatic rings. The number of halogens is 1. The molecule has 0 aliphatic carbocycles. The number of carbonyl (C=O) groups is 1. The van der Waals surface area contributed by atoms with Crippen molar-refractivity contribution in [2.45, 2.75) is 0 Å². The first-order chi connectivity index (χ1) is 4.73. The Bertz CT molecular complexity index is 79.4.